The summed E-state index contributed by atoms with van der Waals surface area (Å²) < 4.78 is 24.1. The van der Waals surface area contributed by atoms with Crippen LogP contribution < -0.4 is 0 Å². The number of hydrogen-bond donors (Lipinski definition) is 1. The minimum absolute atomic E-state index is 0.0945. The summed E-state index contributed by atoms with van der Waals surface area (Å²) in [4.78, 5) is 11.2. The first-order valence-electron chi connectivity index (χ1n) is 8.55. The number of aliphatic hydroxyl groups is 1. The van der Waals surface area contributed by atoms with Crippen molar-refractivity contribution in [3.8, 4) is 0 Å². The van der Waals surface area contributed by atoms with Gasteiger partial charge >= 0.3 is 23.1 Å². The zero-order valence-corrected chi connectivity index (χ0v) is 21.3. The molecule has 0 aromatic rings. The van der Waals surface area contributed by atoms with E-state index in [2.05, 4.69) is 45.9 Å². The Morgan fingerprint density at radius 1 is 0.960 bits per heavy atom. The predicted octanol–water partition coefficient (Wildman–Crippen LogP) is 3.57. The molecule has 0 fully saturated rings. The molecule has 25 heavy (non-hydrogen) atoms. The van der Waals surface area contributed by atoms with Crippen LogP contribution in [0.2, 0.25) is 65.0 Å². The van der Waals surface area contributed by atoms with Gasteiger partial charge in [0.1, 0.15) is 6.61 Å². The Labute approximate surface area is 157 Å². The highest BCUT2D eigenvalue weighted by molar-refractivity contribution is 6.89. The van der Waals surface area contributed by atoms with Crippen molar-refractivity contribution in [3.05, 3.63) is 12.7 Å². The Kier molecular flexibility index (Phi) is 9.19. The lowest BCUT2D eigenvalue weighted by atomic mass is 10.4. The van der Waals surface area contributed by atoms with Crippen LogP contribution in [0.15, 0.2) is 12.7 Å². The molecule has 0 aliphatic carbocycles. The summed E-state index contributed by atoms with van der Waals surface area (Å²) in [6, 6.07) is 0.327. The number of ether oxygens (including phenoxy) is 1. The van der Waals surface area contributed by atoms with Gasteiger partial charge in [0.25, 0.3) is 0 Å². The molecule has 0 aromatic heterocycles. The summed E-state index contributed by atoms with van der Waals surface area (Å²) >= 11 is 0. The van der Waals surface area contributed by atoms with E-state index in [0.29, 0.717) is 6.04 Å². The molecule has 0 bridgehead atoms. The van der Waals surface area contributed by atoms with Crippen LogP contribution in [0.25, 0.3) is 0 Å². The van der Waals surface area contributed by atoms with E-state index in [1.54, 1.807) is 0 Å². The van der Waals surface area contributed by atoms with Gasteiger partial charge in [0.15, 0.2) is 16.6 Å². The topological polar surface area (TPSA) is 74.2 Å². The number of esters is 1. The maximum absolute atomic E-state index is 11.2. The minimum atomic E-state index is -2.71. The van der Waals surface area contributed by atoms with Crippen molar-refractivity contribution < 1.29 is 27.0 Å². The van der Waals surface area contributed by atoms with Crippen LogP contribution in [0.4, 0.5) is 0 Å². The Balaban J connectivity index is 5.17. The third kappa shape index (κ3) is 12.8. The summed E-state index contributed by atoms with van der Waals surface area (Å²) in [6.07, 6.45) is 0.240. The van der Waals surface area contributed by atoms with Crippen LogP contribution in [-0.4, -0.2) is 57.5 Å². The van der Waals surface area contributed by atoms with E-state index in [1.165, 1.54) is 0 Å². The van der Waals surface area contributed by atoms with Crippen molar-refractivity contribution >= 4 is 39.7 Å². The molecule has 0 spiro atoms. The van der Waals surface area contributed by atoms with Crippen molar-refractivity contribution in [2.24, 2.45) is 0 Å². The second-order valence-corrected chi connectivity index (χ2v) is 25.1. The zero-order chi connectivity index (χ0) is 20.1. The summed E-state index contributed by atoms with van der Waals surface area (Å²) in [5, 5.41) is 10.3. The van der Waals surface area contributed by atoms with Crippen molar-refractivity contribution in [1.29, 1.82) is 0 Å². The van der Waals surface area contributed by atoms with Gasteiger partial charge in [-0.05, 0) is 58.9 Å². The van der Waals surface area contributed by atoms with Crippen molar-refractivity contribution in [1.82, 2.24) is 0 Å². The van der Waals surface area contributed by atoms with Crippen LogP contribution in [0.1, 0.15) is 0 Å². The molecule has 10 heteroatoms. The fraction of sp³-hybridized carbons (Fsp3) is 0.800. The van der Waals surface area contributed by atoms with E-state index in [9.17, 15) is 9.90 Å². The second-order valence-electron chi connectivity index (χ2n) is 8.76. The highest BCUT2D eigenvalue weighted by Gasteiger charge is 2.45. The number of hydrogen-bond acceptors (Lipinski definition) is 6. The standard InChI is InChI=1S/C15H36O6Si4/c1-11-15(17)18-12-14(16)13-25(10,20-23(5,6)7)21-24(8,9)19-22(2,3)4/h11,14,16H,1,12-13H2,2-10H3. The monoisotopic (exact) mass is 424 g/mol. The molecule has 0 rings (SSSR count). The first kappa shape index (κ1) is 24.9. The van der Waals surface area contributed by atoms with Gasteiger partial charge in [0.2, 0.25) is 0 Å². The lowest BCUT2D eigenvalue weighted by molar-refractivity contribution is -0.140. The summed E-state index contributed by atoms with van der Waals surface area (Å²) in [5.41, 5.74) is 0. The number of carbonyl (C=O) groups excluding carboxylic acids is 1. The van der Waals surface area contributed by atoms with E-state index in [0.717, 1.165) is 6.08 Å². The molecule has 0 saturated carbocycles. The van der Waals surface area contributed by atoms with Crippen LogP contribution in [0.5, 0.6) is 0 Å². The van der Waals surface area contributed by atoms with E-state index in [1.807, 2.05) is 19.6 Å². The summed E-state index contributed by atoms with van der Waals surface area (Å²) in [6.45, 7) is 21.9. The first-order chi connectivity index (χ1) is 11.0. The molecule has 0 heterocycles. The number of carbonyl (C=O) groups is 1. The van der Waals surface area contributed by atoms with Gasteiger partial charge in [-0.2, -0.15) is 0 Å². The molecule has 0 amide bonds. The first-order valence-corrected chi connectivity index (χ1v) is 20.7. The van der Waals surface area contributed by atoms with E-state index in [-0.39, 0.29) is 6.61 Å². The van der Waals surface area contributed by atoms with Crippen molar-refractivity contribution in [2.75, 3.05) is 6.61 Å². The third-order valence-corrected chi connectivity index (χ3v) is 16.2. The van der Waals surface area contributed by atoms with E-state index >= 15 is 0 Å². The van der Waals surface area contributed by atoms with Crippen LogP contribution in [0, 0.1) is 0 Å². The second kappa shape index (κ2) is 9.22. The fourth-order valence-electron chi connectivity index (χ4n) is 2.75. The van der Waals surface area contributed by atoms with Gasteiger partial charge < -0.3 is 22.2 Å². The SMILES string of the molecule is C=CC(=O)OCC(O)C[Si](C)(O[Si](C)(C)C)O[Si](C)(C)O[Si](C)(C)C. The van der Waals surface area contributed by atoms with Gasteiger partial charge in [-0.1, -0.05) is 6.58 Å². The Morgan fingerprint density at radius 3 is 1.84 bits per heavy atom. The van der Waals surface area contributed by atoms with Gasteiger partial charge in [-0.15, -0.1) is 0 Å². The molecule has 2 atom stereocenters. The molecule has 0 aliphatic rings. The molecule has 2 unspecified atom stereocenters. The molecule has 1 N–H and O–H groups in total. The average Bonchev–Trinajstić information content (AvgIpc) is 2.28. The van der Waals surface area contributed by atoms with Gasteiger partial charge in [0.05, 0.1) is 6.10 Å². The molecular weight excluding hydrogens is 389 g/mol. The highest BCUT2D eigenvalue weighted by Crippen LogP contribution is 2.27. The molecular formula is C15H36O6Si4. The summed E-state index contributed by atoms with van der Waals surface area (Å²) in [5.74, 6) is -0.550. The van der Waals surface area contributed by atoms with Crippen molar-refractivity contribution in [3.63, 3.8) is 0 Å². The van der Waals surface area contributed by atoms with Crippen LogP contribution in [0.3, 0.4) is 0 Å². The van der Waals surface area contributed by atoms with Gasteiger partial charge in [-0.25, -0.2) is 4.79 Å². The number of rotatable bonds is 11. The van der Waals surface area contributed by atoms with Crippen molar-refractivity contribution in [2.45, 2.75) is 71.1 Å². The Bertz CT molecular complexity index is 458. The maximum atomic E-state index is 11.2. The van der Waals surface area contributed by atoms with Crippen LogP contribution >= 0.6 is 0 Å². The smallest absolute Gasteiger partial charge is 0.330 e. The Hall–Kier alpha value is -0.0825. The maximum Gasteiger partial charge on any atom is 0.330 e. The van der Waals surface area contributed by atoms with Gasteiger partial charge in [-0.3, -0.25) is 0 Å². The zero-order valence-electron chi connectivity index (χ0n) is 17.3. The quantitative estimate of drug-likeness (QED) is 0.310. The predicted molar refractivity (Wildman–Crippen MR) is 111 cm³/mol. The normalized spacial score (nSPS) is 16.9. The molecule has 0 aromatic carbocycles. The number of aliphatic hydroxyl groups excluding tert-OH is 1. The lowest BCUT2D eigenvalue weighted by Gasteiger charge is -2.41. The molecule has 6 nitrogen and oxygen atoms in total. The fourth-order valence-corrected chi connectivity index (χ4v) is 20.7. The molecule has 0 radical (unpaired) electrons. The van der Waals surface area contributed by atoms with E-state index in [4.69, 9.17) is 17.1 Å². The van der Waals surface area contributed by atoms with Crippen LogP contribution in [-0.2, 0) is 21.9 Å². The lowest BCUT2D eigenvalue weighted by Crippen LogP contribution is -2.58. The average molecular weight is 425 g/mol. The summed E-state index contributed by atoms with van der Waals surface area (Å²) in [7, 11) is -8.76. The Morgan fingerprint density at radius 2 is 1.44 bits per heavy atom. The largest absolute Gasteiger partial charge is 0.460 e. The minimum Gasteiger partial charge on any atom is -0.460 e. The van der Waals surface area contributed by atoms with E-state index < -0.39 is 45.8 Å². The third-order valence-electron chi connectivity index (χ3n) is 2.73. The highest BCUT2D eigenvalue weighted by atomic mass is 28.5. The molecule has 0 saturated heterocycles. The van der Waals surface area contributed by atoms with Gasteiger partial charge in [0, 0.05) is 12.1 Å². The molecule has 148 valence electrons. The molecule has 0 aliphatic heterocycles.